The fourth-order valence-electron chi connectivity index (χ4n) is 4.97. The number of imide groups is 1. The number of likely N-dealkylation sites (tertiary alicyclic amines) is 1. The summed E-state index contributed by atoms with van der Waals surface area (Å²) in [5.74, 6) is -5.08. The number of rotatable bonds is 5. The Balaban J connectivity index is 1.34. The van der Waals surface area contributed by atoms with Crippen LogP contribution in [-0.2, 0) is 23.2 Å². The highest BCUT2D eigenvalue weighted by Gasteiger charge is 2.34. The van der Waals surface area contributed by atoms with E-state index in [-0.39, 0.29) is 50.4 Å². The second-order valence-electron chi connectivity index (χ2n) is 9.61. The molecule has 2 aliphatic heterocycles. The van der Waals surface area contributed by atoms with E-state index in [1.807, 2.05) is 0 Å². The summed E-state index contributed by atoms with van der Waals surface area (Å²) in [5.41, 5.74) is 1.99. The molecular formula is C26H26F3N5O3. The van der Waals surface area contributed by atoms with Crippen LogP contribution in [-0.4, -0.2) is 51.4 Å². The number of para-hydroxylation sites is 1. The number of hydrogen-bond acceptors (Lipinski definition) is 5. The monoisotopic (exact) mass is 513 g/mol. The van der Waals surface area contributed by atoms with Gasteiger partial charge in [0.25, 0.3) is 11.8 Å². The molecule has 3 aromatic rings. The molecule has 2 aromatic carbocycles. The first-order chi connectivity index (χ1) is 17.6. The Morgan fingerprint density at radius 3 is 2.65 bits per heavy atom. The Morgan fingerprint density at radius 2 is 1.95 bits per heavy atom. The van der Waals surface area contributed by atoms with Crippen LogP contribution >= 0.6 is 0 Å². The number of nitrogens with one attached hydrogen (secondary N) is 2. The van der Waals surface area contributed by atoms with E-state index in [0.717, 1.165) is 6.07 Å². The zero-order valence-corrected chi connectivity index (χ0v) is 20.2. The Labute approximate surface area is 210 Å². The number of alkyl halides is 2. The lowest BCUT2D eigenvalue weighted by molar-refractivity contribution is -0.134. The molecule has 2 saturated heterocycles. The largest absolute Gasteiger partial charge is 0.320 e. The molecule has 3 heterocycles. The Hall–Kier alpha value is -3.73. The van der Waals surface area contributed by atoms with E-state index >= 15 is 0 Å². The average molecular weight is 514 g/mol. The number of hydrogen-bond donors (Lipinski definition) is 2. The molecule has 2 N–H and O–H groups in total. The second-order valence-corrected chi connectivity index (χ2v) is 9.61. The maximum Gasteiger partial charge on any atom is 0.255 e. The number of aromatic nitrogens is 2. The second kappa shape index (κ2) is 9.62. The summed E-state index contributed by atoms with van der Waals surface area (Å²) < 4.78 is 43.2. The molecule has 194 valence electrons. The average Bonchev–Trinajstić information content (AvgIpc) is 3.18. The summed E-state index contributed by atoms with van der Waals surface area (Å²) in [5, 5.41) is 10.3. The molecule has 5 rings (SSSR count). The molecule has 11 heteroatoms. The van der Waals surface area contributed by atoms with Gasteiger partial charge in [-0.3, -0.25) is 29.3 Å². The van der Waals surface area contributed by atoms with Crippen molar-refractivity contribution in [3.05, 3.63) is 59.0 Å². The number of anilines is 1. The number of carbonyl (C=O) groups excluding carboxylic acids is 3. The summed E-state index contributed by atoms with van der Waals surface area (Å²) in [6.45, 7) is 0.565. The number of benzene rings is 2. The number of aryl methyl sites for hydroxylation is 1. The van der Waals surface area contributed by atoms with Crippen molar-refractivity contribution in [3.63, 3.8) is 0 Å². The molecule has 0 radical (unpaired) electrons. The molecule has 2 aliphatic rings. The number of carbonyl (C=O) groups is 3. The topological polar surface area (TPSA) is 96.3 Å². The van der Waals surface area contributed by atoms with Gasteiger partial charge in [0.05, 0.1) is 22.8 Å². The quantitative estimate of drug-likeness (QED) is 0.507. The van der Waals surface area contributed by atoms with Crippen LogP contribution in [0.1, 0.15) is 53.2 Å². The zero-order chi connectivity index (χ0) is 26.3. The van der Waals surface area contributed by atoms with Crippen LogP contribution < -0.4 is 10.6 Å². The fraction of sp³-hybridized carbons (Fsp3) is 0.385. The number of piperidine rings is 2. The van der Waals surface area contributed by atoms with Crippen LogP contribution in [0.4, 0.5) is 18.9 Å². The van der Waals surface area contributed by atoms with Crippen molar-refractivity contribution in [3.8, 4) is 0 Å². The lowest BCUT2D eigenvalue weighted by Crippen LogP contribution is -2.39. The molecule has 0 bridgehead atoms. The van der Waals surface area contributed by atoms with Crippen molar-refractivity contribution in [2.45, 2.75) is 44.1 Å². The number of halogens is 3. The predicted octanol–water partition coefficient (Wildman–Crippen LogP) is 3.72. The molecule has 0 saturated carbocycles. The summed E-state index contributed by atoms with van der Waals surface area (Å²) in [4.78, 5) is 38.7. The zero-order valence-electron chi connectivity index (χ0n) is 20.2. The van der Waals surface area contributed by atoms with Crippen LogP contribution in [0.25, 0.3) is 10.9 Å². The lowest BCUT2D eigenvalue weighted by atomic mass is 9.92. The minimum Gasteiger partial charge on any atom is -0.320 e. The van der Waals surface area contributed by atoms with Gasteiger partial charge in [0.15, 0.2) is 0 Å². The minimum absolute atomic E-state index is 0.107. The lowest BCUT2D eigenvalue weighted by Gasteiger charge is -2.31. The van der Waals surface area contributed by atoms with E-state index in [1.54, 1.807) is 34.8 Å². The molecule has 0 spiro atoms. The van der Waals surface area contributed by atoms with E-state index in [4.69, 9.17) is 0 Å². The van der Waals surface area contributed by atoms with Gasteiger partial charge in [-0.15, -0.1) is 0 Å². The third-order valence-corrected chi connectivity index (χ3v) is 7.01. The first-order valence-electron chi connectivity index (χ1n) is 12.1. The molecule has 2 fully saturated rings. The maximum absolute atomic E-state index is 14.8. The van der Waals surface area contributed by atoms with Crippen LogP contribution in [0.15, 0.2) is 36.4 Å². The van der Waals surface area contributed by atoms with Crippen molar-refractivity contribution < 1.29 is 27.6 Å². The molecule has 0 aliphatic carbocycles. The molecule has 8 nitrogen and oxygen atoms in total. The first kappa shape index (κ1) is 24.9. The molecule has 1 aromatic heterocycles. The summed E-state index contributed by atoms with van der Waals surface area (Å²) in [6.07, 6.45) is 0.0649. The van der Waals surface area contributed by atoms with Crippen LogP contribution in [0.2, 0.25) is 0 Å². The normalized spacial score (nSPS) is 20.2. The van der Waals surface area contributed by atoms with Gasteiger partial charge in [-0.2, -0.15) is 5.10 Å². The van der Waals surface area contributed by atoms with E-state index in [1.165, 1.54) is 12.1 Å². The van der Waals surface area contributed by atoms with Gasteiger partial charge < -0.3 is 5.32 Å². The van der Waals surface area contributed by atoms with Gasteiger partial charge in [0.1, 0.15) is 5.82 Å². The van der Waals surface area contributed by atoms with Crippen molar-refractivity contribution in [1.82, 2.24) is 20.0 Å². The van der Waals surface area contributed by atoms with Crippen molar-refractivity contribution >= 4 is 34.3 Å². The van der Waals surface area contributed by atoms with Crippen molar-refractivity contribution in [2.24, 2.45) is 7.05 Å². The Bertz CT molecular complexity index is 1390. The molecular weight excluding hydrogens is 487 g/mol. The van der Waals surface area contributed by atoms with Crippen molar-refractivity contribution in [1.29, 1.82) is 0 Å². The maximum atomic E-state index is 14.8. The summed E-state index contributed by atoms with van der Waals surface area (Å²) in [7, 11) is 1.69. The Kier molecular flexibility index (Phi) is 6.49. The van der Waals surface area contributed by atoms with Crippen molar-refractivity contribution in [2.75, 3.05) is 18.4 Å². The van der Waals surface area contributed by atoms with Gasteiger partial charge in [-0.05, 0) is 24.6 Å². The molecule has 1 unspecified atom stereocenters. The number of fused-ring (bicyclic) bond motifs is 1. The molecule has 3 amide bonds. The molecule has 37 heavy (non-hydrogen) atoms. The molecule has 1 atom stereocenters. The van der Waals surface area contributed by atoms with E-state index < -0.39 is 29.5 Å². The van der Waals surface area contributed by atoms with E-state index in [2.05, 4.69) is 15.7 Å². The highest BCUT2D eigenvalue weighted by atomic mass is 19.3. The van der Waals surface area contributed by atoms with Gasteiger partial charge >= 0.3 is 0 Å². The van der Waals surface area contributed by atoms with Gasteiger partial charge in [0.2, 0.25) is 11.8 Å². The smallest absolute Gasteiger partial charge is 0.255 e. The van der Waals surface area contributed by atoms with Crippen LogP contribution in [0, 0.1) is 5.82 Å². The third kappa shape index (κ3) is 5.08. The summed E-state index contributed by atoms with van der Waals surface area (Å²) >= 11 is 0. The minimum atomic E-state index is -2.67. The highest BCUT2D eigenvalue weighted by Crippen LogP contribution is 2.33. The summed E-state index contributed by atoms with van der Waals surface area (Å²) in [6, 6.07) is 9.35. The van der Waals surface area contributed by atoms with Crippen LogP contribution in [0.5, 0.6) is 0 Å². The number of nitrogens with zero attached hydrogens (tertiary/aromatic N) is 3. The van der Waals surface area contributed by atoms with E-state index in [0.29, 0.717) is 34.3 Å². The standard InChI is InChI=1S/C26H26F3N5O3/c1-33-23-17(22(32-33)18-7-8-21(35)31-25(18)37)3-2-4-20(23)30-24(36)15-5-6-16(19(27)13-15)14-34-11-9-26(28,29)10-12-34/h2-6,13,18H,7-12,14H2,1H3,(H,30,36)(H,31,35,37). The van der Waals surface area contributed by atoms with Gasteiger partial charge in [0, 0.05) is 62.5 Å². The third-order valence-electron chi connectivity index (χ3n) is 7.01. The number of amides is 3. The van der Waals surface area contributed by atoms with Gasteiger partial charge in [-0.25, -0.2) is 13.2 Å². The highest BCUT2D eigenvalue weighted by molar-refractivity contribution is 6.09. The van der Waals surface area contributed by atoms with E-state index in [9.17, 15) is 27.6 Å². The fourth-order valence-corrected chi connectivity index (χ4v) is 4.97. The SMILES string of the molecule is Cn1nc(C2CCC(=O)NC2=O)c2cccc(NC(=O)c3ccc(CN4CCC(F)(F)CC4)c(F)c3)c21. The predicted molar refractivity (Wildman–Crippen MR) is 130 cm³/mol. The first-order valence-corrected chi connectivity index (χ1v) is 12.1. The van der Waals surface area contributed by atoms with Crippen LogP contribution in [0.3, 0.4) is 0 Å². The van der Waals surface area contributed by atoms with Gasteiger partial charge in [-0.1, -0.05) is 18.2 Å². The Morgan fingerprint density at radius 1 is 1.19 bits per heavy atom.